The summed E-state index contributed by atoms with van der Waals surface area (Å²) >= 11 is 6.03. The maximum atomic E-state index is 13.3. The average molecular weight is 494 g/mol. The molecule has 0 aliphatic carbocycles. The lowest BCUT2D eigenvalue weighted by Gasteiger charge is -2.31. The van der Waals surface area contributed by atoms with E-state index in [-0.39, 0.29) is 24.8 Å². The topological polar surface area (TPSA) is 86.8 Å². The molecule has 9 heteroatoms. The molecule has 2 rings (SSSR count). The molecule has 33 heavy (non-hydrogen) atoms. The molecule has 0 heterocycles. The second kappa shape index (κ2) is 12.0. The normalized spacial score (nSPS) is 12.2. The number of anilines is 1. The van der Waals surface area contributed by atoms with Crippen molar-refractivity contribution < 1.29 is 18.0 Å². The fourth-order valence-corrected chi connectivity index (χ4v) is 4.83. The van der Waals surface area contributed by atoms with Gasteiger partial charge in [0, 0.05) is 31.6 Å². The second-order valence-electron chi connectivity index (χ2n) is 7.90. The summed E-state index contributed by atoms with van der Waals surface area (Å²) in [5.74, 6) is -0.427. The summed E-state index contributed by atoms with van der Waals surface area (Å²) in [5.41, 5.74) is 2.45. The Bertz CT molecular complexity index is 1070. The highest BCUT2D eigenvalue weighted by Gasteiger charge is 2.28. The number of amides is 2. The maximum absolute atomic E-state index is 13.3. The molecule has 0 aliphatic heterocycles. The first kappa shape index (κ1) is 26.7. The van der Waals surface area contributed by atoms with Gasteiger partial charge in [0.15, 0.2) is 0 Å². The lowest BCUT2D eigenvalue weighted by atomic mass is 10.1. The van der Waals surface area contributed by atoms with Crippen LogP contribution in [-0.2, 0) is 26.2 Å². The molecule has 0 spiro atoms. The predicted molar refractivity (Wildman–Crippen MR) is 133 cm³/mol. The number of carbonyl (C=O) groups is 2. The van der Waals surface area contributed by atoms with Gasteiger partial charge in [-0.25, -0.2) is 8.42 Å². The summed E-state index contributed by atoms with van der Waals surface area (Å²) in [6.07, 6.45) is 1.99. The number of nitrogens with zero attached hydrogens (tertiary/aromatic N) is 2. The number of carbonyl (C=O) groups excluding carboxylic acids is 2. The summed E-state index contributed by atoms with van der Waals surface area (Å²) in [6.45, 7) is 4.26. The van der Waals surface area contributed by atoms with E-state index in [0.717, 1.165) is 17.4 Å². The number of halogens is 1. The van der Waals surface area contributed by atoms with Crippen LogP contribution in [0, 0.1) is 6.92 Å². The second-order valence-corrected chi connectivity index (χ2v) is 10.2. The van der Waals surface area contributed by atoms with Crippen molar-refractivity contribution in [3.05, 3.63) is 64.7 Å². The average Bonchev–Trinajstić information content (AvgIpc) is 2.76. The number of rotatable bonds is 11. The summed E-state index contributed by atoms with van der Waals surface area (Å²) in [7, 11) is -2.01. The van der Waals surface area contributed by atoms with Gasteiger partial charge in [-0.1, -0.05) is 48.9 Å². The Morgan fingerprint density at radius 2 is 1.82 bits per heavy atom. The van der Waals surface area contributed by atoms with Crippen molar-refractivity contribution in [2.45, 2.75) is 45.7 Å². The zero-order valence-electron chi connectivity index (χ0n) is 19.5. The van der Waals surface area contributed by atoms with Crippen LogP contribution in [0.25, 0.3) is 0 Å². The molecule has 1 N–H and O–H groups in total. The smallest absolute Gasteiger partial charge is 0.242 e. The summed E-state index contributed by atoms with van der Waals surface area (Å²) < 4.78 is 25.9. The molecule has 0 aromatic heterocycles. The van der Waals surface area contributed by atoms with E-state index in [2.05, 4.69) is 5.32 Å². The van der Waals surface area contributed by atoms with Gasteiger partial charge in [-0.15, -0.1) is 0 Å². The molecule has 2 aromatic rings. The van der Waals surface area contributed by atoms with Gasteiger partial charge in [-0.3, -0.25) is 13.9 Å². The van der Waals surface area contributed by atoms with Crippen LogP contribution in [0.2, 0.25) is 5.02 Å². The van der Waals surface area contributed by atoms with Crippen molar-refractivity contribution >= 4 is 39.1 Å². The molecule has 0 saturated heterocycles. The van der Waals surface area contributed by atoms with Crippen LogP contribution >= 0.6 is 11.6 Å². The highest BCUT2D eigenvalue weighted by molar-refractivity contribution is 7.92. The van der Waals surface area contributed by atoms with Gasteiger partial charge >= 0.3 is 0 Å². The molecular weight excluding hydrogens is 462 g/mol. The monoisotopic (exact) mass is 493 g/mol. The molecule has 2 aromatic carbocycles. The van der Waals surface area contributed by atoms with Crippen LogP contribution in [0.5, 0.6) is 0 Å². The van der Waals surface area contributed by atoms with Gasteiger partial charge in [0.05, 0.1) is 11.9 Å². The summed E-state index contributed by atoms with van der Waals surface area (Å²) in [5, 5.41) is 3.07. The third-order valence-electron chi connectivity index (χ3n) is 5.48. The predicted octanol–water partition coefficient (Wildman–Crippen LogP) is 3.75. The van der Waals surface area contributed by atoms with Gasteiger partial charge in [0.2, 0.25) is 21.8 Å². The molecule has 0 saturated carbocycles. The maximum Gasteiger partial charge on any atom is 0.242 e. The number of sulfonamides is 1. The number of hydrogen-bond donors (Lipinski definition) is 1. The van der Waals surface area contributed by atoms with Crippen LogP contribution in [0.4, 0.5) is 5.69 Å². The van der Waals surface area contributed by atoms with Crippen LogP contribution < -0.4 is 9.62 Å². The lowest BCUT2D eigenvalue weighted by molar-refractivity contribution is -0.141. The Morgan fingerprint density at radius 3 is 2.39 bits per heavy atom. The first-order valence-corrected chi connectivity index (χ1v) is 13.1. The van der Waals surface area contributed by atoms with Gasteiger partial charge in [0.1, 0.15) is 6.04 Å². The number of nitrogens with one attached hydrogen (secondary N) is 1. The lowest BCUT2D eigenvalue weighted by Crippen LogP contribution is -2.48. The molecule has 0 bridgehead atoms. The molecule has 0 aliphatic rings. The third kappa shape index (κ3) is 7.47. The van der Waals surface area contributed by atoms with E-state index in [0.29, 0.717) is 30.1 Å². The van der Waals surface area contributed by atoms with Crippen molar-refractivity contribution in [3.8, 4) is 0 Å². The molecule has 180 valence electrons. The molecule has 7 nitrogen and oxygen atoms in total. The van der Waals surface area contributed by atoms with Crippen LogP contribution in [0.3, 0.4) is 0 Å². The minimum atomic E-state index is -3.56. The minimum absolute atomic E-state index is 0.103. The molecular formula is C24H32ClN3O4S. The fourth-order valence-electron chi connectivity index (χ4n) is 3.69. The molecule has 2 amide bonds. The zero-order chi connectivity index (χ0) is 24.6. The Balaban J connectivity index is 2.20. The number of aryl methyl sites for hydroxylation is 1. The van der Waals surface area contributed by atoms with E-state index in [4.69, 9.17) is 11.6 Å². The fraction of sp³-hybridized carbons (Fsp3) is 0.417. The van der Waals surface area contributed by atoms with E-state index in [1.807, 2.05) is 38.1 Å². The zero-order valence-corrected chi connectivity index (χ0v) is 21.1. The number of hydrogen-bond acceptors (Lipinski definition) is 4. The Hall–Kier alpha value is -2.58. The quantitative estimate of drug-likeness (QED) is 0.516. The van der Waals surface area contributed by atoms with Crippen molar-refractivity contribution in [2.75, 3.05) is 24.2 Å². The van der Waals surface area contributed by atoms with Gasteiger partial charge in [-0.05, 0) is 49.1 Å². The highest BCUT2D eigenvalue weighted by Crippen LogP contribution is 2.23. The van der Waals surface area contributed by atoms with Crippen molar-refractivity contribution in [1.29, 1.82) is 0 Å². The van der Waals surface area contributed by atoms with Crippen LogP contribution in [-0.4, -0.2) is 51.0 Å². The Morgan fingerprint density at radius 1 is 1.12 bits per heavy atom. The minimum Gasteiger partial charge on any atom is -0.357 e. The van der Waals surface area contributed by atoms with E-state index in [1.165, 1.54) is 4.31 Å². The van der Waals surface area contributed by atoms with Crippen molar-refractivity contribution in [3.63, 3.8) is 0 Å². The van der Waals surface area contributed by atoms with Crippen molar-refractivity contribution in [2.24, 2.45) is 0 Å². The largest absolute Gasteiger partial charge is 0.357 e. The van der Waals surface area contributed by atoms with E-state index < -0.39 is 16.1 Å². The molecule has 1 atom stereocenters. The van der Waals surface area contributed by atoms with Crippen LogP contribution in [0.1, 0.15) is 37.3 Å². The van der Waals surface area contributed by atoms with Gasteiger partial charge in [-0.2, -0.15) is 0 Å². The van der Waals surface area contributed by atoms with E-state index >= 15 is 0 Å². The van der Waals surface area contributed by atoms with Gasteiger partial charge < -0.3 is 10.2 Å². The standard InChI is InChI=1S/C24H32ClN3O4S/c1-5-22(24(30)26-3)27(17-19-11-7-6-10-18(19)2)23(29)14-9-15-28(33(4,31)32)21-13-8-12-20(25)16-21/h6-8,10-13,16,22H,5,9,14-15,17H2,1-4H3,(H,26,30)/t22-/m0/s1. The first-order chi connectivity index (χ1) is 15.6. The summed E-state index contributed by atoms with van der Waals surface area (Å²) in [6, 6.07) is 13.7. The first-order valence-electron chi connectivity index (χ1n) is 10.9. The number of likely N-dealkylation sites (N-methyl/N-ethyl adjacent to an activating group) is 1. The Labute approximate surface area is 201 Å². The van der Waals surface area contributed by atoms with E-state index in [9.17, 15) is 18.0 Å². The Kier molecular flexibility index (Phi) is 9.73. The summed E-state index contributed by atoms with van der Waals surface area (Å²) in [4.78, 5) is 27.3. The van der Waals surface area contributed by atoms with Gasteiger partial charge in [0.25, 0.3) is 0 Å². The number of benzene rings is 2. The third-order valence-corrected chi connectivity index (χ3v) is 6.91. The van der Waals surface area contributed by atoms with Crippen molar-refractivity contribution in [1.82, 2.24) is 10.2 Å². The van der Waals surface area contributed by atoms with E-state index in [1.54, 1.807) is 36.2 Å². The highest BCUT2D eigenvalue weighted by atomic mass is 35.5. The molecule has 0 radical (unpaired) electrons. The SMILES string of the molecule is CC[C@@H](C(=O)NC)N(Cc1ccccc1C)C(=O)CCCN(c1cccc(Cl)c1)S(C)(=O)=O. The van der Waals surface area contributed by atoms with Crippen LogP contribution in [0.15, 0.2) is 48.5 Å². The molecule has 0 unspecified atom stereocenters. The molecule has 0 fully saturated rings.